The van der Waals surface area contributed by atoms with Crippen molar-refractivity contribution >= 4 is 11.3 Å². The Kier molecular flexibility index (Phi) is 3.91. The summed E-state index contributed by atoms with van der Waals surface area (Å²) in [4.78, 5) is 5.38. The van der Waals surface area contributed by atoms with Gasteiger partial charge in [0.25, 0.3) is 0 Å². The van der Waals surface area contributed by atoms with Gasteiger partial charge in [-0.05, 0) is 37.8 Å². The topological polar surface area (TPSA) is 29.3 Å². The molecule has 4 unspecified atom stereocenters. The van der Waals surface area contributed by atoms with Gasteiger partial charge in [0, 0.05) is 28.9 Å². The lowest BCUT2D eigenvalue weighted by Crippen LogP contribution is -2.38. The smallest absolute Gasteiger partial charge is 0.0591 e. The molecule has 0 amide bonds. The van der Waals surface area contributed by atoms with Crippen LogP contribution in [0.1, 0.15) is 36.6 Å². The lowest BCUT2D eigenvalue weighted by atomic mass is 10.0. The van der Waals surface area contributed by atoms with E-state index in [2.05, 4.69) is 44.7 Å². The van der Waals surface area contributed by atoms with Crippen LogP contribution in [0, 0.1) is 18.8 Å². The summed E-state index contributed by atoms with van der Waals surface area (Å²) < 4.78 is 0. The molecule has 1 aromatic heterocycles. The monoisotopic (exact) mass is 252 g/mol. The van der Waals surface area contributed by atoms with E-state index in [0.29, 0.717) is 6.04 Å². The normalized spacial score (nSPS) is 29.5. The molecule has 2 rings (SSSR count). The zero-order chi connectivity index (χ0) is 12.6. The van der Waals surface area contributed by atoms with E-state index < -0.39 is 0 Å². The maximum absolute atomic E-state index is 6.21. The van der Waals surface area contributed by atoms with Gasteiger partial charge in [-0.3, -0.25) is 4.90 Å². The van der Waals surface area contributed by atoms with Gasteiger partial charge in [-0.1, -0.05) is 13.8 Å². The minimum atomic E-state index is 0.200. The molecule has 0 radical (unpaired) electrons. The highest BCUT2D eigenvalue weighted by Crippen LogP contribution is 2.35. The Labute approximate surface area is 109 Å². The summed E-state index contributed by atoms with van der Waals surface area (Å²) in [5.41, 5.74) is 6.21. The third kappa shape index (κ3) is 2.72. The molecule has 1 aromatic rings. The van der Waals surface area contributed by atoms with Crippen molar-refractivity contribution in [3.8, 4) is 0 Å². The molecule has 1 aliphatic rings. The van der Waals surface area contributed by atoms with Crippen LogP contribution < -0.4 is 5.73 Å². The van der Waals surface area contributed by atoms with Gasteiger partial charge >= 0.3 is 0 Å². The zero-order valence-electron chi connectivity index (χ0n) is 11.3. The Hall–Kier alpha value is -0.380. The second kappa shape index (κ2) is 5.09. The molecule has 1 saturated heterocycles. The van der Waals surface area contributed by atoms with Crippen molar-refractivity contribution in [3.05, 3.63) is 21.9 Å². The lowest BCUT2D eigenvalue weighted by molar-refractivity contribution is 0.213. The lowest BCUT2D eigenvalue weighted by Gasteiger charge is -2.30. The van der Waals surface area contributed by atoms with Crippen molar-refractivity contribution in [2.75, 3.05) is 13.1 Å². The standard InChI is InChI=1S/C14H24N2S/c1-9-7-16(8-10(9)2)14(12(4)15)13-6-5-11(3)17-13/h5-6,9-10,12,14H,7-8,15H2,1-4H3. The molecule has 1 aliphatic heterocycles. The summed E-state index contributed by atoms with van der Waals surface area (Å²) in [6, 6.07) is 5.06. The molecular weight excluding hydrogens is 228 g/mol. The van der Waals surface area contributed by atoms with Crippen LogP contribution in [0.15, 0.2) is 12.1 Å². The average Bonchev–Trinajstić information content (AvgIpc) is 2.76. The third-order valence-electron chi connectivity index (χ3n) is 3.96. The van der Waals surface area contributed by atoms with Crippen molar-refractivity contribution in [1.29, 1.82) is 0 Å². The molecule has 0 aliphatic carbocycles. The van der Waals surface area contributed by atoms with Crippen LogP contribution in [-0.2, 0) is 0 Å². The molecule has 0 bridgehead atoms. The van der Waals surface area contributed by atoms with E-state index in [4.69, 9.17) is 5.73 Å². The predicted octanol–water partition coefficient (Wildman–Crippen LogP) is 3.03. The number of nitrogens with two attached hydrogens (primary N) is 1. The quantitative estimate of drug-likeness (QED) is 0.896. The fourth-order valence-corrected chi connectivity index (χ4v) is 3.91. The van der Waals surface area contributed by atoms with Gasteiger partial charge in [-0.25, -0.2) is 0 Å². The summed E-state index contributed by atoms with van der Waals surface area (Å²) in [7, 11) is 0. The number of rotatable bonds is 3. The van der Waals surface area contributed by atoms with Crippen LogP contribution >= 0.6 is 11.3 Å². The van der Waals surface area contributed by atoms with Crippen LogP contribution in [0.2, 0.25) is 0 Å². The van der Waals surface area contributed by atoms with E-state index in [0.717, 1.165) is 11.8 Å². The number of hydrogen-bond donors (Lipinski definition) is 1. The van der Waals surface area contributed by atoms with Crippen molar-refractivity contribution in [2.45, 2.75) is 39.8 Å². The highest BCUT2D eigenvalue weighted by Gasteiger charge is 2.33. The number of nitrogens with zero attached hydrogens (tertiary/aromatic N) is 1. The van der Waals surface area contributed by atoms with Gasteiger partial charge in [-0.2, -0.15) is 0 Å². The number of aryl methyl sites for hydroxylation is 1. The van der Waals surface area contributed by atoms with Gasteiger partial charge < -0.3 is 5.73 Å². The Morgan fingerprint density at radius 2 is 1.88 bits per heavy atom. The Balaban J connectivity index is 2.19. The molecular formula is C14H24N2S. The molecule has 17 heavy (non-hydrogen) atoms. The van der Waals surface area contributed by atoms with Crippen molar-refractivity contribution in [2.24, 2.45) is 17.6 Å². The largest absolute Gasteiger partial charge is 0.326 e. The molecule has 0 aromatic carbocycles. The first-order chi connectivity index (χ1) is 7.99. The van der Waals surface area contributed by atoms with E-state index in [1.54, 1.807) is 0 Å². The minimum absolute atomic E-state index is 0.200. The van der Waals surface area contributed by atoms with Crippen LogP contribution in [-0.4, -0.2) is 24.0 Å². The van der Waals surface area contributed by atoms with Crippen LogP contribution in [0.5, 0.6) is 0 Å². The third-order valence-corrected chi connectivity index (χ3v) is 5.03. The van der Waals surface area contributed by atoms with E-state index >= 15 is 0 Å². The van der Waals surface area contributed by atoms with Crippen molar-refractivity contribution < 1.29 is 0 Å². The fraction of sp³-hybridized carbons (Fsp3) is 0.714. The van der Waals surface area contributed by atoms with Gasteiger partial charge in [-0.15, -0.1) is 11.3 Å². The number of thiophene rings is 1. The fourth-order valence-electron chi connectivity index (χ4n) is 2.79. The van der Waals surface area contributed by atoms with E-state index in [-0.39, 0.29) is 6.04 Å². The van der Waals surface area contributed by atoms with Crippen LogP contribution in [0.4, 0.5) is 0 Å². The van der Waals surface area contributed by atoms with Gasteiger partial charge in [0.2, 0.25) is 0 Å². The molecule has 2 nitrogen and oxygen atoms in total. The first-order valence-corrected chi connectivity index (χ1v) is 7.36. The SMILES string of the molecule is Cc1ccc(C(C(C)N)N2CC(C)C(C)C2)s1. The first kappa shape index (κ1) is 13.1. The average molecular weight is 252 g/mol. The summed E-state index contributed by atoms with van der Waals surface area (Å²) in [5, 5.41) is 0. The minimum Gasteiger partial charge on any atom is -0.326 e. The molecule has 4 atom stereocenters. The number of hydrogen-bond acceptors (Lipinski definition) is 3. The van der Waals surface area contributed by atoms with E-state index in [1.807, 2.05) is 11.3 Å². The maximum atomic E-state index is 6.21. The molecule has 0 spiro atoms. The van der Waals surface area contributed by atoms with Crippen LogP contribution in [0.25, 0.3) is 0 Å². The first-order valence-electron chi connectivity index (χ1n) is 6.55. The summed E-state index contributed by atoms with van der Waals surface area (Å²) in [6.07, 6.45) is 0. The maximum Gasteiger partial charge on any atom is 0.0591 e. The highest BCUT2D eigenvalue weighted by molar-refractivity contribution is 7.12. The van der Waals surface area contributed by atoms with Crippen molar-refractivity contribution in [1.82, 2.24) is 4.90 Å². The summed E-state index contributed by atoms with van der Waals surface area (Å²) >= 11 is 1.89. The second-order valence-electron chi connectivity index (χ2n) is 5.66. The van der Waals surface area contributed by atoms with Gasteiger partial charge in [0.05, 0.1) is 6.04 Å². The Bertz CT molecular complexity index is 362. The number of likely N-dealkylation sites (tertiary alicyclic amines) is 1. The highest BCUT2D eigenvalue weighted by atomic mass is 32.1. The molecule has 0 saturated carbocycles. The molecule has 2 heterocycles. The van der Waals surface area contributed by atoms with Crippen molar-refractivity contribution in [3.63, 3.8) is 0 Å². The summed E-state index contributed by atoms with van der Waals surface area (Å²) in [6.45, 7) is 11.4. The zero-order valence-corrected chi connectivity index (χ0v) is 12.1. The van der Waals surface area contributed by atoms with E-state index in [9.17, 15) is 0 Å². The molecule has 1 fully saturated rings. The molecule has 3 heteroatoms. The van der Waals surface area contributed by atoms with E-state index in [1.165, 1.54) is 22.8 Å². The van der Waals surface area contributed by atoms with Gasteiger partial charge in [0.1, 0.15) is 0 Å². The van der Waals surface area contributed by atoms with Gasteiger partial charge in [0.15, 0.2) is 0 Å². The predicted molar refractivity (Wildman–Crippen MR) is 75.3 cm³/mol. The van der Waals surface area contributed by atoms with Crippen LogP contribution in [0.3, 0.4) is 0 Å². The molecule has 96 valence electrons. The Morgan fingerprint density at radius 3 is 2.29 bits per heavy atom. The Morgan fingerprint density at radius 1 is 1.29 bits per heavy atom. The molecule has 2 N–H and O–H groups in total. The second-order valence-corrected chi connectivity index (χ2v) is 6.98. The summed E-state index contributed by atoms with van der Waals surface area (Å²) in [5.74, 6) is 1.58.